The molecule has 0 atom stereocenters. The molecule has 0 aliphatic rings. The fraction of sp³-hybridized carbons (Fsp3) is 0.261. The van der Waals surface area contributed by atoms with Crippen LogP contribution in [0, 0.1) is 0 Å². The molecule has 0 aliphatic carbocycles. The number of carbonyl (C=O) groups is 1. The molecule has 4 aromatic rings. The Morgan fingerprint density at radius 3 is 2.53 bits per heavy atom. The Morgan fingerprint density at radius 2 is 1.88 bits per heavy atom. The Labute approximate surface area is 185 Å². The molecule has 2 aromatic heterocycles. The molecule has 0 saturated heterocycles. The van der Waals surface area contributed by atoms with Crippen molar-refractivity contribution in [3.05, 3.63) is 65.9 Å². The molecule has 9 nitrogen and oxygen atoms in total. The van der Waals surface area contributed by atoms with E-state index in [9.17, 15) is 9.90 Å². The zero-order chi connectivity index (χ0) is 22.5. The summed E-state index contributed by atoms with van der Waals surface area (Å²) in [7, 11) is 1.74. The Morgan fingerprint density at radius 1 is 1.12 bits per heavy atom. The van der Waals surface area contributed by atoms with Crippen LogP contribution in [0.5, 0.6) is 0 Å². The highest BCUT2D eigenvalue weighted by molar-refractivity contribution is 5.93. The van der Waals surface area contributed by atoms with Gasteiger partial charge in [0, 0.05) is 31.9 Å². The fourth-order valence-corrected chi connectivity index (χ4v) is 3.69. The molecule has 0 amide bonds. The van der Waals surface area contributed by atoms with Gasteiger partial charge in [-0.15, -0.1) is 10.2 Å². The molecule has 0 bridgehead atoms. The van der Waals surface area contributed by atoms with Crippen molar-refractivity contribution in [2.75, 3.05) is 11.4 Å². The summed E-state index contributed by atoms with van der Waals surface area (Å²) in [5.74, 6) is 0.0785. The third kappa shape index (κ3) is 4.51. The number of nitrogens with one attached hydrogen (secondary N) is 1. The van der Waals surface area contributed by atoms with Crippen molar-refractivity contribution in [2.24, 2.45) is 7.05 Å². The smallest absolute Gasteiger partial charge is 0.341 e. The van der Waals surface area contributed by atoms with Gasteiger partial charge in [0.25, 0.3) is 0 Å². The number of carboxylic acids is 1. The Balaban J connectivity index is 1.61. The predicted molar refractivity (Wildman–Crippen MR) is 121 cm³/mol. The van der Waals surface area contributed by atoms with E-state index in [1.54, 1.807) is 17.9 Å². The average Bonchev–Trinajstić information content (AvgIpc) is 3.47. The highest BCUT2D eigenvalue weighted by Gasteiger charge is 2.20. The van der Waals surface area contributed by atoms with E-state index in [2.05, 4.69) is 56.9 Å². The van der Waals surface area contributed by atoms with E-state index in [1.807, 2.05) is 29.2 Å². The molecule has 0 saturated carbocycles. The lowest BCUT2D eigenvalue weighted by Gasteiger charge is -2.23. The Kier molecular flexibility index (Phi) is 6.25. The monoisotopic (exact) mass is 431 g/mol. The number of aromatic nitrogens is 6. The minimum Gasteiger partial charge on any atom is -0.477 e. The minimum atomic E-state index is -0.969. The minimum absolute atomic E-state index is 0.217. The molecule has 0 radical (unpaired) electrons. The lowest BCUT2D eigenvalue weighted by atomic mass is 9.98. The van der Waals surface area contributed by atoms with Crippen molar-refractivity contribution in [3.8, 4) is 22.5 Å². The topological polar surface area (TPSA) is 113 Å². The summed E-state index contributed by atoms with van der Waals surface area (Å²) >= 11 is 0. The predicted octanol–water partition coefficient (Wildman–Crippen LogP) is 3.77. The molecule has 164 valence electrons. The number of hydrogen-bond acceptors (Lipinski definition) is 6. The maximum absolute atomic E-state index is 11.7. The molecule has 0 fully saturated rings. The number of carboxylic acid groups (broad SMARTS) is 1. The first-order valence-electron chi connectivity index (χ1n) is 10.5. The van der Waals surface area contributed by atoms with Crippen molar-refractivity contribution in [1.29, 1.82) is 0 Å². The maximum atomic E-state index is 11.7. The molecule has 2 N–H and O–H groups in total. The number of aromatic amines is 1. The van der Waals surface area contributed by atoms with Crippen LogP contribution in [0.4, 0.5) is 5.82 Å². The van der Waals surface area contributed by atoms with Gasteiger partial charge in [-0.2, -0.15) is 10.3 Å². The van der Waals surface area contributed by atoms with Gasteiger partial charge in [0.15, 0.2) is 5.82 Å². The number of nitrogens with zero attached hydrogens (tertiary/aromatic N) is 6. The first-order chi connectivity index (χ1) is 15.6. The molecular formula is C23H25N7O2. The third-order valence-electron chi connectivity index (χ3n) is 5.27. The van der Waals surface area contributed by atoms with E-state index in [0.717, 1.165) is 41.6 Å². The van der Waals surface area contributed by atoms with Gasteiger partial charge in [-0.3, -0.25) is 4.68 Å². The van der Waals surface area contributed by atoms with Gasteiger partial charge < -0.3 is 10.0 Å². The van der Waals surface area contributed by atoms with E-state index >= 15 is 0 Å². The van der Waals surface area contributed by atoms with Crippen LogP contribution < -0.4 is 4.90 Å². The number of aryl methyl sites for hydroxylation is 1. The van der Waals surface area contributed by atoms with Gasteiger partial charge in [0.1, 0.15) is 5.56 Å². The second-order valence-electron chi connectivity index (χ2n) is 7.60. The molecule has 0 spiro atoms. The van der Waals surface area contributed by atoms with Gasteiger partial charge in [0.2, 0.25) is 5.82 Å². The average molecular weight is 432 g/mol. The second kappa shape index (κ2) is 9.42. The molecular weight excluding hydrogens is 406 g/mol. The molecule has 0 aliphatic heterocycles. The highest BCUT2D eigenvalue weighted by atomic mass is 16.4. The van der Waals surface area contributed by atoms with Crippen LogP contribution in [0.15, 0.2) is 54.7 Å². The number of rotatable bonds is 9. The molecule has 32 heavy (non-hydrogen) atoms. The lowest BCUT2D eigenvalue weighted by Crippen LogP contribution is -2.26. The summed E-state index contributed by atoms with van der Waals surface area (Å²) < 4.78 is 1.55. The van der Waals surface area contributed by atoms with Crippen LogP contribution in [0.3, 0.4) is 0 Å². The van der Waals surface area contributed by atoms with Crippen LogP contribution in [0.1, 0.15) is 35.7 Å². The van der Waals surface area contributed by atoms with Gasteiger partial charge in [-0.25, -0.2) is 4.79 Å². The van der Waals surface area contributed by atoms with Crippen molar-refractivity contribution in [1.82, 2.24) is 30.4 Å². The first kappa shape index (κ1) is 21.2. The fourth-order valence-electron chi connectivity index (χ4n) is 3.69. The number of hydrogen-bond donors (Lipinski definition) is 2. The van der Waals surface area contributed by atoms with Crippen LogP contribution in [0.2, 0.25) is 0 Å². The molecule has 0 unspecified atom stereocenters. The van der Waals surface area contributed by atoms with E-state index in [0.29, 0.717) is 18.2 Å². The van der Waals surface area contributed by atoms with E-state index in [-0.39, 0.29) is 5.56 Å². The summed E-state index contributed by atoms with van der Waals surface area (Å²) in [5, 5.41) is 28.4. The zero-order valence-corrected chi connectivity index (χ0v) is 18.1. The van der Waals surface area contributed by atoms with Crippen molar-refractivity contribution in [2.45, 2.75) is 26.3 Å². The SMILES string of the molecule is CCCCN(Cc1ccc(-c2ccccc2-c2nn[nH]n2)cc1)c1nn(C)cc1C(=O)O. The summed E-state index contributed by atoms with van der Waals surface area (Å²) in [5.41, 5.74) is 4.25. The summed E-state index contributed by atoms with van der Waals surface area (Å²) in [6.07, 6.45) is 3.51. The van der Waals surface area contributed by atoms with Gasteiger partial charge in [0.05, 0.1) is 0 Å². The van der Waals surface area contributed by atoms with E-state index < -0.39 is 5.97 Å². The number of aromatic carboxylic acids is 1. The summed E-state index contributed by atoms with van der Waals surface area (Å²) in [4.78, 5) is 13.7. The van der Waals surface area contributed by atoms with Crippen LogP contribution >= 0.6 is 0 Å². The summed E-state index contributed by atoms with van der Waals surface area (Å²) in [6, 6.07) is 16.2. The van der Waals surface area contributed by atoms with Crippen molar-refractivity contribution >= 4 is 11.8 Å². The standard InChI is InChI=1S/C23H25N7O2/c1-3-4-13-30(22-20(23(31)32)15-29(2)26-22)14-16-9-11-17(12-10-16)18-7-5-6-8-19(18)21-24-27-28-25-21/h5-12,15H,3-4,13-14H2,1-2H3,(H,31,32)(H,24,25,27,28). The van der Waals surface area contributed by atoms with Gasteiger partial charge in [-0.1, -0.05) is 61.9 Å². The van der Waals surface area contributed by atoms with E-state index in [4.69, 9.17) is 0 Å². The largest absolute Gasteiger partial charge is 0.477 e. The van der Waals surface area contributed by atoms with Crippen molar-refractivity contribution < 1.29 is 9.90 Å². The van der Waals surface area contributed by atoms with Crippen LogP contribution in [0.25, 0.3) is 22.5 Å². The van der Waals surface area contributed by atoms with Gasteiger partial charge in [-0.05, 0) is 28.3 Å². The lowest BCUT2D eigenvalue weighted by molar-refractivity contribution is 0.0697. The van der Waals surface area contributed by atoms with Crippen molar-refractivity contribution in [3.63, 3.8) is 0 Å². The number of tetrazole rings is 1. The Bertz CT molecular complexity index is 1180. The van der Waals surface area contributed by atoms with Crippen LogP contribution in [-0.4, -0.2) is 48.0 Å². The van der Waals surface area contributed by atoms with Gasteiger partial charge >= 0.3 is 5.97 Å². The van der Waals surface area contributed by atoms with E-state index in [1.165, 1.54) is 0 Å². The molecule has 2 heterocycles. The highest BCUT2D eigenvalue weighted by Crippen LogP contribution is 2.30. The summed E-state index contributed by atoms with van der Waals surface area (Å²) in [6.45, 7) is 3.42. The van der Waals surface area contributed by atoms with Crippen LogP contribution in [-0.2, 0) is 13.6 Å². The molecule has 9 heteroatoms. The Hall–Kier alpha value is -4.01. The quantitative estimate of drug-likeness (QED) is 0.415. The third-order valence-corrected chi connectivity index (χ3v) is 5.27. The number of H-pyrrole nitrogens is 1. The number of benzene rings is 2. The zero-order valence-electron chi connectivity index (χ0n) is 18.1. The maximum Gasteiger partial charge on any atom is 0.341 e. The number of anilines is 1. The first-order valence-corrected chi connectivity index (χ1v) is 10.5. The normalized spacial score (nSPS) is 10.9. The number of unbranched alkanes of at least 4 members (excludes halogenated alkanes) is 1. The molecule has 4 rings (SSSR count). The molecule has 2 aromatic carbocycles. The second-order valence-corrected chi connectivity index (χ2v) is 7.60.